The van der Waals surface area contributed by atoms with Crippen LogP contribution >= 0.6 is 0 Å². The summed E-state index contributed by atoms with van der Waals surface area (Å²) in [4.78, 5) is 0. The Morgan fingerprint density at radius 1 is 0.941 bits per heavy atom. The minimum atomic E-state index is 0.316. The Balaban J connectivity index is 1.97. The van der Waals surface area contributed by atoms with Crippen molar-refractivity contribution < 1.29 is 5.11 Å². The van der Waals surface area contributed by atoms with Gasteiger partial charge in [0.15, 0.2) is 0 Å². The van der Waals surface area contributed by atoms with Gasteiger partial charge in [-0.25, -0.2) is 0 Å². The number of phenolic OH excluding ortho intramolecular Hbond substituents is 1. The van der Waals surface area contributed by atoms with E-state index in [1.807, 2.05) is 12.1 Å². The zero-order valence-corrected chi connectivity index (χ0v) is 9.93. The molecule has 0 heterocycles. The molecule has 0 fully saturated rings. The molecule has 1 heteroatoms. The van der Waals surface area contributed by atoms with Gasteiger partial charge in [0, 0.05) is 0 Å². The van der Waals surface area contributed by atoms with Crippen LogP contribution in [0.2, 0.25) is 0 Å². The third kappa shape index (κ3) is 3.49. The second kappa shape index (κ2) is 5.35. The van der Waals surface area contributed by atoms with E-state index in [4.69, 9.17) is 5.11 Å². The number of aryl methyl sites for hydroxylation is 1. The minimum Gasteiger partial charge on any atom is -0.508 e. The molecular weight excluding hydrogens is 208 g/mol. The molecule has 0 aliphatic rings. The molecule has 0 spiro atoms. The molecule has 2 rings (SSSR count). The van der Waals surface area contributed by atoms with Crippen molar-refractivity contribution in [3.8, 4) is 5.75 Å². The normalized spacial score (nSPS) is 10.9. The quantitative estimate of drug-likeness (QED) is 0.836. The highest BCUT2D eigenvalue weighted by atomic mass is 16.3. The maximum Gasteiger partial charge on any atom is 0.115 e. The Bertz CT molecular complexity index is 492. The van der Waals surface area contributed by atoms with Gasteiger partial charge in [-0.2, -0.15) is 0 Å². The van der Waals surface area contributed by atoms with Gasteiger partial charge in [-0.15, -0.1) is 0 Å². The van der Waals surface area contributed by atoms with E-state index in [1.165, 1.54) is 16.7 Å². The molecule has 1 N–H and O–H groups in total. The van der Waals surface area contributed by atoms with Gasteiger partial charge in [0.1, 0.15) is 5.75 Å². The minimum absolute atomic E-state index is 0.316. The first-order chi connectivity index (χ1) is 8.24. The largest absolute Gasteiger partial charge is 0.508 e. The molecule has 0 radical (unpaired) electrons. The van der Waals surface area contributed by atoms with Crippen molar-refractivity contribution in [2.75, 3.05) is 0 Å². The van der Waals surface area contributed by atoms with Gasteiger partial charge in [-0.05, 0) is 36.6 Å². The van der Waals surface area contributed by atoms with Gasteiger partial charge in [-0.3, -0.25) is 0 Å². The average Bonchev–Trinajstić information content (AvgIpc) is 2.34. The Kier molecular flexibility index (Phi) is 3.61. The van der Waals surface area contributed by atoms with Crippen LogP contribution in [0.25, 0.3) is 6.08 Å². The lowest BCUT2D eigenvalue weighted by molar-refractivity contribution is 0.475. The standard InChI is InChI=1S/C16H16O/c1-13-5-7-14(8-6-13)3-2-4-15-9-11-16(17)12-10-15/h2-3,5-12,17H,4H2,1H3/b3-2+. The molecule has 2 aromatic carbocycles. The summed E-state index contributed by atoms with van der Waals surface area (Å²) in [5.74, 6) is 0.316. The number of phenols is 1. The number of rotatable bonds is 3. The van der Waals surface area contributed by atoms with Crippen LogP contribution in [-0.2, 0) is 6.42 Å². The fraction of sp³-hybridized carbons (Fsp3) is 0.125. The number of hydrogen-bond donors (Lipinski definition) is 1. The number of hydrogen-bond acceptors (Lipinski definition) is 1. The number of aromatic hydroxyl groups is 1. The van der Waals surface area contributed by atoms with E-state index in [0.29, 0.717) is 5.75 Å². The lowest BCUT2D eigenvalue weighted by Crippen LogP contribution is -1.79. The first-order valence-electron chi connectivity index (χ1n) is 5.75. The van der Waals surface area contributed by atoms with Crippen LogP contribution in [-0.4, -0.2) is 5.11 Å². The summed E-state index contributed by atoms with van der Waals surface area (Å²) >= 11 is 0. The lowest BCUT2D eigenvalue weighted by atomic mass is 10.1. The van der Waals surface area contributed by atoms with E-state index in [1.54, 1.807) is 12.1 Å². The molecule has 0 aromatic heterocycles. The highest BCUT2D eigenvalue weighted by Gasteiger charge is 1.90. The third-order valence-electron chi connectivity index (χ3n) is 2.68. The van der Waals surface area contributed by atoms with Crippen molar-refractivity contribution in [2.45, 2.75) is 13.3 Å². The summed E-state index contributed by atoms with van der Waals surface area (Å²) in [6.07, 6.45) is 5.14. The van der Waals surface area contributed by atoms with E-state index in [0.717, 1.165) is 6.42 Å². The average molecular weight is 224 g/mol. The Morgan fingerprint density at radius 2 is 1.59 bits per heavy atom. The van der Waals surface area contributed by atoms with Crippen molar-refractivity contribution in [1.82, 2.24) is 0 Å². The molecule has 86 valence electrons. The highest BCUT2D eigenvalue weighted by Crippen LogP contribution is 2.11. The van der Waals surface area contributed by atoms with Crippen molar-refractivity contribution in [2.24, 2.45) is 0 Å². The molecule has 0 unspecified atom stereocenters. The van der Waals surface area contributed by atoms with Crippen molar-refractivity contribution in [1.29, 1.82) is 0 Å². The molecule has 0 saturated heterocycles. The summed E-state index contributed by atoms with van der Waals surface area (Å²) in [7, 11) is 0. The molecule has 0 aliphatic heterocycles. The molecule has 0 bridgehead atoms. The predicted octanol–water partition coefficient (Wildman–Crippen LogP) is 3.96. The second-order valence-electron chi connectivity index (χ2n) is 4.18. The Labute approximate surface area is 102 Å². The van der Waals surface area contributed by atoms with E-state index < -0.39 is 0 Å². The predicted molar refractivity (Wildman–Crippen MR) is 72.0 cm³/mol. The summed E-state index contributed by atoms with van der Waals surface area (Å²) in [6.45, 7) is 2.09. The van der Waals surface area contributed by atoms with Gasteiger partial charge in [0.05, 0.1) is 0 Å². The van der Waals surface area contributed by atoms with Gasteiger partial charge in [-0.1, -0.05) is 54.1 Å². The molecule has 17 heavy (non-hydrogen) atoms. The molecule has 1 nitrogen and oxygen atoms in total. The van der Waals surface area contributed by atoms with Crippen molar-refractivity contribution in [3.63, 3.8) is 0 Å². The van der Waals surface area contributed by atoms with Crippen LogP contribution < -0.4 is 0 Å². The summed E-state index contributed by atoms with van der Waals surface area (Å²) < 4.78 is 0. The van der Waals surface area contributed by atoms with Crippen LogP contribution in [0.5, 0.6) is 5.75 Å². The molecule has 0 aliphatic carbocycles. The zero-order chi connectivity index (χ0) is 12.1. The Morgan fingerprint density at radius 3 is 2.24 bits per heavy atom. The molecule has 0 saturated carbocycles. The second-order valence-corrected chi connectivity index (χ2v) is 4.18. The first kappa shape index (κ1) is 11.5. The van der Waals surface area contributed by atoms with Crippen LogP contribution in [0.1, 0.15) is 16.7 Å². The van der Waals surface area contributed by atoms with Crippen LogP contribution in [0, 0.1) is 6.92 Å². The third-order valence-corrected chi connectivity index (χ3v) is 2.68. The number of benzene rings is 2. The van der Waals surface area contributed by atoms with Crippen LogP contribution in [0.3, 0.4) is 0 Å². The van der Waals surface area contributed by atoms with E-state index in [2.05, 4.69) is 43.3 Å². The topological polar surface area (TPSA) is 20.2 Å². The van der Waals surface area contributed by atoms with Gasteiger partial charge >= 0.3 is 0 Å². The van der Waals surface area contributed by atoms with Crippen molar-refractivity contribution >= 4 is 6.08 Å². The van der Waals surface area contributed by atoms with Gasteiger partial charge in [0.2, 0.25) is 0 Å². The fourth-order valence-corrected chi connectivity index (χ4v) is 1.64. The van der Waals surface area contributed by atoms with E-state index in [-0.39, 0.29) is 0 Å². The SMILES string of the molecule is Cc1ccc(/C=C/Cc2ccc(O)cc2)cc1. The monoisotopic (exact) mass is 224 g/mol. The maximum atomic E-state index is 9.17. The molecular formula is C16H16O. The summed E-state index contributed by atoms with van der Waals surface area (Å²) in [5.41, 5.74) is 3.70. The van der Waals surface area contributed by atoms with Gasteiger partial charge < -0.3 is 5.11 Å². The smallest absolute Gasteiger partial charge is 0.115 e. The molecule has 0 amide bonds. The summed E-state index contributed by atoms with van der Waals surface area (Å²) in [5, 5.41) is 9.17. The maximum absolute atomic E-state index is 9.17. The molecule has 0 atom stereocenters. The van der Waals surface area contributed by atoms with Gasteiger partial charge in [0.25, 0.3) is 0 Å². The van der Waals surface area contributed by atoms with Crippen molar-refractivity contribution in [3.05, 3.63) is 71.3 Å². The zero-order valence-electron chi connectivity index (χ0n) is 9.93. The first-order valence-corrected chi connectivity index (χ1v) is 5.75. The van der Waals surface area contributed by atoms with Crippen LogP contribution in [0.15, 0.2) is 54.6 Å². The van der Waals surface area contributed by atoms with Crippen LogP contribution in [0.4, 0.5) is 0 Å². The number of allylic oxidation sites excluding steroid dienone is 1. The fourth-order valence-electron chi connectivity index (χ4n) is 1.64. The van der Waals surface area contributed by atoms with E-state index >= 15 is 0 Å². The lowest BCUT2D eigenvalue weighted by Gasteiger charge is -1.97. The molecule has 2 aromatic rings. The summed E-state index contributed by atoms with van der Waals surface area (Å²) in [6, 6.07) is 15.8. The van der Waals surface area contributed by atoms with E-state index in [9.17, 15) is 0 Å². The highest BCUT2D eigenvalue weighted by molar-refractivity contribution is 5.50. The Hall–Kier alpha value is -2.02.